The van der Waals surface area contributed by atoms with Gasteiger partial charge in [0.25, 0.3) is 0 Å². The van der Waals surface area contributed by atoms with Crippen LogP contribution in [0.2, 0.25) is 0 Å². The molecule has 1 saturated heterocycles. The summed E-state index contributed by atoms with van der Waals surface area (Å²) < 4.78 is 1.72. The Balaban J connectivity index is 1.45. The molecule has 1 N–H and O–H groups in total. The van der Waals surface area contributed by atoms with Crippen molar-refractivity contribution in [1.82, 2.24) is 19.5 Å². The summed E-state index contributed by atoms with van der Waals surface area (Å²) in [6, 6.07) is 12.7. The van der Waals surface area contributed by atoms with E-state index in [1.165, 1.54) is 37.9 Å². The van der Waals surface area contributed by atoms with Crippen LogP contribution in [-0.4, -0.2) is 38.5 Å². The number of anilines is 1. The van der Waals surface area contributed by atoms with Gasteiger partial charge in [0.05, 0.1) is 0 Å². The topological polar surface area (TPSA) is 62.5 Å². The van der Waals surface area contributed by atoms with Gasteiger partial charge in [-0.1, -0.05) is 57.9 Å². The van der Waals surface area contributed by atoms with Crippen molar-refractivity contribution in [2.24, 2.45) is 11.8 Å². The van der Waals surface area contributed by atoms with Crippen LogP contribution in [0.15, 0.2) is 42.6 Å². The van der Waals surface area contributed by atoms with Crippen molar-refractivity contribution in [3.63, 3.8) is 0 Å². The maximum absolute atomic E-state index is 12.0. The van der Waals surface area contributed by atoms with E-state index in [9.17, 15) is 4.79 Å². The summed E-state index contributed by atoms with van der Waals surface area (Å²) in [6.45, 7) is 9.44. The van der Waals surface area contributed by atoms with Crippen molar-refractivity contribution in [1.29, 1.82) is 0 Å². The Labute approximate surface area is 178 Å². The van der Waals surface area contributed by atoms with Crippen LogP contribution >= 0.6 is 0 Å². The van der Waals surface area contributed by atoms with Gasteiger partial charge in [-0.05, 0) is 35.6 Å². The van der Waals surface area contributed by atoms with Gasteiger partial charge in [0.2, 0.25) is 11.9 Å². The van der Waals surface area contributed by atoms with Crippen molar-refractivity contribution in [2.75, 3.05) is 18.4 Å². The molecule has 1 fully saturated rings. The zero-order chi connectivity index (χ0) is 21.1. The summed E-state index contributed by atoms with van der Waals surface area (Å²) in [6.07, 6.45) is 5.87. The molecule has 0 saturated carbocycles. The molecule has 30 heavy (non-hydrogen) atoms. The van der Waals surface area contributed by atoms with Crippen molar-refractivity contribution < 1.29 is 4.79 Å². The Kier molecular flexibility index (Phi) is 6.13. The summed E-state index contributed by atoms with van der Waals surface area (Å²) in [5, 5.41) is 7.17. The van der Waals surface area contributed by atoms with Gasteiger partial charge in [-0.15, -0.1) is 5.10 Å². The minimum Gasteiger partial charge on any atom is -0.298 e. The zero-order valence-corrected chi connectivity index (χ0v) is 18.1. The first kappa shape index (κ1) is 20.5. The van der Waals surface area contributed by atoms with Crippen LogP contribution in [0, 0.1) is 11.8 Å². The maximum Gasteiger partial charge on any atom is 0.249 e. The van der Waals surface area contributed by atoms with E-state index in [1.807, 2.05) is 32.2 Å². The summed E-state index contributed by atoms with van der Waals surface area (Å²) in [7, 11) is 0. The molecule has 4 rings (SSSR count). The van der Waals surface area contributed by atoms with E-state index in [-0.39, 0.29) is 11.8 Å². The van der Waals surface area contributed by atoms with Crippen molar-refractivity contribution in [2.45, 2.75) is 46.6 Å². The van der Waals surface area contributed by atoms with Crippen LogP contribution < -0.4 is 5.32 Å². The number of nitrogens with one attached hydrogen (secondary N) is 1. The Morgan fingerprint density at radius 2 is 1.97 bits per heavy atom. The molecule has 2 aromatic heterocycles. The van der Waals surface area contributed by atoms with Gasteiger partial charge in [0.1, 0.15) is 0 Å². The predicted octanol–water partition coefficient (Wildman–Crippen LogP) is 4.61. The van der Waals surface area contributed by atoms with Gasteiger partial charge in [-0.3, -0.25) is 15.0 Å². The van der Waals surface area contributed by atoms with E-state index in [0.29, 0.717) is 5.95 Å². The standard InChI is InChI=1S/C24H31N5O/c1-4-5-7-19-15-28(16-19)14-18-9-11-20(12-10-18)21-8-6-13-29-22(21)25-24(27-29)26-23(30)17(2)3/h6,8-13,17,19H,4-5,7,14-16H2,1-3H3,(H,26,27,30). The molecule has 3 heterocycles. The Morgan fingerprint density at radius 3 is 2.67 bits per heavy atom. The van der Waals surface area contributed by atoms with Crippen LogP contribution in [0.1, 0.15) is 45.6 Å². The average Bonchev–Trinajstić information content (AvgIpc) is 3.12. The van der Waals surface area contributed by atoms with E-state index in [0.717, 1.165) is 29.2 Å². The second-order valence-corrected chi connectivity index (χ2v) is 8.67. The summed E-state index contributed by atoms with van der Waals surface area (Å²) >= 11 is 0. The van der Waals surface area contributed by atoms with E-state index in [1.54, 1.807) is 4.52 Å². The second-order valence-electron chi connectivity index (χ2n) is 8.67. The predicted molar refractivity (Wildman–Crippen MR) is 120 cm³/mol. The molecule has 0 radical (unpaired) electrons. The third-order valence-corrected chi connectivity index (χ3v) is 5.79. The molecular weight excluding hydrogens is 374 g/mol. The molecule has 1 aliphatic rings. The lowest BCUT2D eigenvalue weighted by atomic mass is 9.93. The van der Waals surface area contributed by atoms with Gasteiger partial charge >= 0.3 is 0 Å². The van der Waals surface area contributed by atoms with Gasteiger partial charge < -0.3 is 0 Å². The molecule has 0 unspecified atom stereocenters. The third-order valence-electron chi connectivity index (χ3n) is 5.79. The number of hydrogen-bond donors (Lipinski definition) is 1. The molecule has 3 aromatic rings. The molecule has 0 atom stereocenters. The Hall–Kier alpha value is -2.73. The van der Waals surface area contributed by atoms with Crippen LogP contribution in [-0.2, 0) is 11.3 Å². The van der Waals surface area contributed by atoms with Gasteiger partial charge in [-0.2, -0.15) is 4.98 Å². The van der Waals surface area contributed by atoms with Gasteiger partial charge in [0, 0.05) is 37.3 Å². The fraction of sp³-hybridized carbons (Fsp3) is 0.458. The fourth-order valence-electron chi connectivity index (χ4n) is 3.97. The lowest BCUT2D eigenvalue weighted by Crippen LogP contribution is -2.45. The normalized spacial score (nSPS) is 14.9. The van der Waals surface area contributed by atoms with Crippen LogP contribution in [0.4, 0.5) is 5.95 Å². The number of hydrogen-bond acceptors (Lipinski definition) is 4. The van der Waals surface area contributed by atoms with E-state index < -0.39 is 0 Å². The maximum atomic E-state index is 12.0. The molecule has 1 aliphatic heterocycles. The SMILES string of the molecule is CCCCC1CN(Cc2ccc(-c3cccn4nc(NC(=O)C(C)C)nc34)cc2)C1. The number of carbonyl (C=O) groups excluding carboxylic acids is 1. The smallest absolute Gasteiger partial charge is 0.249 e. The minimum absolute atomic E-state index is 0.0836. The highest BCUT2D eigenvalue weighted by molar-refractivity contribution is 5.91. The zero-order valence-electron chi connectivity index (χ0n) is 18.1. The van der Waals surface area contributed by atoms with Crippen molar-refractivity contribution >= 4 is 17.5 Å². The van der Waals surface area contributed by atoms with Gasteiger partial charge in [0.15, 0.2) is 5.65 Å². The molecule has 0 aliphatic carbocycles. The van der Waals surface area contributed by atoms with E-state index in [2.05, 4.69) is 51.5 Å². The third kappa shape index (κ3) is 4.54. The second kappa shape index (κ2) is 8.96. The number of fused-ring (bicyclic) bond motifs is 1. The number of amides is 1. The number of pyridine rings is 1. The minimum atomic E-state index is -0.114. The van der Waals surface area contributed by atoms with Crippen LogP contribution in [0.5, 0.6) is 0 Å². The Morgan fingerprint density at radius 1 is 1.20 bits per heavy atom. The highest BCUT2D eigenvalue weighted by atomic mass is 16.2. The molecule has 0 bridgehead atoms. The monoisotopic (exact) mass is 405 g/mol. The summed E-state index contributed by atoms with van der Waals surface area (Å²) in [5.74, 6) is 1.03. The van der Waals surface area contributed by atoms with E-state index in [4.69, 9.17) is 0 Å². The van der Waals surface area contributed by atoms with Crippen LogP contribution in [0.3, 0.4) is 0 Å². The number of benzene rings is 1. The number of likely N-dealkylation sites (tertiary alicyclic amines) is 1. The number of nitrogens with zero attached hydrogens (tertiary/aromatic N) is 4. The average molecular weight is 406 g/mol. The molecule has 0 spiro atoms. The lowest BCUT2D eigenvalue weighted by Gasteiger charge is -2.39. The fourth-order valence-corrected chi connectivity index (χ4v) is 3.97. The summed E-state index contributed by atoms with van der Waals surface area (Å²) in [5.41, 5.74) is 4.19. The lowest BCUT2D eigenvalue weighted by molar-refractivity contribution is -0.118. The number of aromatic nitrogens is 3. The highest BCUT2D eigenvalue weighted by Gasteiger charge is 2.25. The first-order valence-electron chi connectivity index (χ1n) is 11.0. The molecule has 6 heteroatoms. The van der Waals surface area contributed by atoms with E-state index >= 15 is 0 Å². The first-order chi connectivity index (χ1) is 14.5. The molecule has 1 amide bonds. The first-order valence-corrected chi connectivity index (χ1v) is 11.0. The van der Waals surface area contributed by atoms with Gasteiger partial charge in [-0.25, -0.2) is 4.52 Å². The number of unbranched alkanes of at least 4 members (excludes halogenated alkanes) is 1. The van der Waals surface area contributed by atoms with Crippen LogP contribution in [0.25, 0.3) is 16.8 Å². The highest BCUT2D eigenvalue weighted by Crippen LogP contribution is 2.27. The molecule has 6 nitrogen and oxygen atoms in total. The molecule has 1 aromatic carbocycles. The molecule has 158 valence electrons. The van der Waals surface area contributed by atoms with Crippen molar-refractivity contribution in [3.05, 3.63) is 48.2 Å². The van der Waals surface area contributed by atoms with Crippen molar-refractivity contribution in [3.8, 4) is 11.1 Å². The quantitative estimate of drug-likeness (QED) is 0.594. The summed E-state index contributed by atoms with van der Waals surface area (Å²) in [4.78, 5) is 19.0. The number of rotatable bonds is 8. The Bertz CT molecular complexity index is 1000. The number of carbonyl (C=O) groups is 1. The molecular formula is C24H31N5O. The largest absolute Gasteiger partial charge is 0.298 e.